The number of anilines is 1. The Labute approximate surface area is 410 Å². The molecule has 0 aliphatic carbocycles. The number of hydrogen-bond acceptors (Lipinski definition) is 14. The second-order valence-electron chi connectivity index (χ2n) is 18.0. The van der Waals surface area contributed by atoms with Crippen molar-refractivity contribution in [3.63, 3.8) is 0 Å². The van der Waals surface area contributed by atoms with Crippen LogP contribution in [0.5, 0.6) is 17.2 Å². The van der Waals surface area contributed by atoms with E-state index in [4.69, 9.17) is 28.4 Å². The Bertz CT molecular complexity index is 2880. The lowest BCUT2D eigenvalue weighted by Crippen LogP contribution is -2.58. The van der Waals surface area contributed by atoms with E-state index in [0.29, 0.717) is 72.4 Å². The highest BCUT2D eigenvalue weighted by Gasteiger charge is 2.74. The number of benzene rings is 5. The van der Waals surface area contributed by atoms with E-state index in [1.54, 1.807) is 35.2 Å². The van der Waals surface area contributed by atoms with E-state index in [9.17, 15) is 14.7 Å². The summed E-state index contributed by atoms with van der Waals surface area (Å²) in [5, 5.41) is 12.7. The van der Waals surface area contributed by atoms with E-state index >= 15 is 14.4 Å². The molecular formula is C55H52N4O12. The summed E-state index contributed by atoms with van der Waals surface area (Å²) >= 11 is 0. The van der Waals surface area contributed by atoms with Crippen LogP contribution in [0.3, 0.4) is 0 Å². The van der Waals surface area contributed by atoms with Crippen molar-refractivity contribution in [2.24, 2.45) is 11.8 Å². The number of hydrogen-bond donors (Lipinski definition) is 2. The van der Waals surface area contributed by atoms with Crippen molar-refractivity contribution >= 4 is 35.4 Å². The molecule has 3 saturated heterocycles. The molecule has 5 aromatic rings. The van der Waals surface area contributed by atoms with Gasteiger partial charge in [0.25, 0.3) is 0 Å². The number of piperazine rings is 1. The van der Waals surface area contributed by atoms with Crippen molar-refractivity contribution in [1.82, 2.24) is 14.7 Å². The molecule has 6 atom stereocenters. The third-order valence-electron chi connectivity index (χ3n) is 14.2. The summed E-state index contributed by atoms with van der Waals surface area (Å²) in [5.41, 5.74) is 2.71. The average Bonchev–Trinajstić information content (AvgIpc) is 4.09. The lowest BCUT2D eigenvalue weighted by Gasteiger charge is -2.46. The van der Waals surface area contributed by atoms with Gasteiger partial charge in [0.2, 0.25) is 18.6 Å². The van der Waals surface area contributed by atoms with Gasteiger partial charge in [-0.25, -0.2) is 0 Å². The zero-order valence-corrected chi connectivity index (χ0v) is 39.2. The number of ether oxygens (including phenoxy) is 6. The topological polar surface area (TPSA) is 183 Å². The monoisotopic (exact) mass is 960 g/mol. The van der Waals surface area contributed by atoms with E-state index in [1.807, 2.05) is 95.9 Å². The van der Waals surface area contributed by atoms with Gasteiger partial charge < -0.3 is 43.7 Å². The lowest BCUT2D eigenvalue weighted by molar-refractivity contribution is -0.179. The number of fused-ring (bicyclic) bond motifs is 4. The second-order valence-corrected chi connectivity index (χ2v) is 18.0. The molecule has 5 heterocycles. The number of rotatable bonds is 12. The van der Waals surface area contributed by atoms with Gasteiger partial charge in [-0.3, -0.25) is 33.8 Å². The van der Waals surface area contributed by atoms with Crippen LogP contribution in [0.2, 0.25) is 0 Å². The summed E-state index contributed by atoms with van der Waals surface area (Å²) in [6.07, 6.45) is -1.07. The molecule has 5 aliphatic rings. The van der Waals surface area contributed by atoms with Crippen LogP contribution in [-0.4, -0.2) is 116 Å². The minimum atomic E-state index is -1.79. The standard InChI is InChI=1S/C55H52N4O12/c1-66-51(62)40(52(63)67-2)15-9-10-34-16-22-42-41(30-34)55(54(65)56-42)45(50(61)58-26-24-57(25-27-58)32-35-17-23-43-44(31-35)70-33-69-43)47-53(64)71-48(37-13-7-4-8-14-37)46(36-11-5-3-6-12-36)59(47)49(55)38-18-20-39(21-19-38)68-29-28-60/h3-8,11-14,16-23,30-31,40,45-49,60H,15,24-29,32-33H2,1-2H3,(H,56,65). The van der Waals surface area contributed by atoms with E-state index in [-0.39, 0.29) is 32.3 Å². The first kappa shape index (κ1) is 47.0. The van der Waals surface area contributed by atoms with Gasteiger partial charge in [-0.2, -0.15) is 0 Å². The van der Waals surface area contributed by atoms with Gasteiger partial charge in [0.1, 0.15) is 29.9 Å². The highest BCUT2D eigenvalue weighted by atomic mass is 16.7. The zero-order valence-electron chi connectivity index (χ0n) is 39.2. The Kier molecular flexibility index (Phi) is 13.2. The zero-order chi connectivity index (χ0) is 49.2. The van der Waals surface area contributed by atoms with Gasteiger partial charge in [0.05, 0.1) is 38.8 Å². The number of nitrogens with zero attached hydrogens (tertiary/aromatic N) is 3. The second kappa shape index (κ2) is 20.0. The number of carbonyl (C=O) groups excluding carboxylic acids is 5. The molecule has 0 saturated carbocycles. The quantitative estimate of drug-likeness (QED) is 0.0729. The average molecular weight is 961 g/mol. The van der Waals surface area contributed by atoms with Gasteiger partial charge in [-0.15, -0.1) is 0 Å². The summed E-state index contributed by atoms with van der Waals surface area (Å²) in [4.78, 5) is 78.4. The SMILES string of the molecule is COC(=O)C(CC#Cc1ccc2c(c1)C1(C(=O)N2)C(C(=O)N2CCN(Cc3ccc4c(c3)OCO4)CC2)C2C(=O)OC(c3ccccc3)C(c3ccccc3)N2C1c1ccc(OCCO)cc1)C(=O)OC. The number of cyclic esters (lactones) is 1. The number of carbonyl (C=O) groups is 5. The van der Waals surface area contributed by atoms with Crippen molar-refractivity contribution in [2.75, 3.05) is 65.7 Å². The van der Waals surface area contributed by atoms with Crippen molar-refractivity contribution in [3.8, 4) is 29.1 Å². The maximum absolute atomic E-state index is 16.1. The van der Waals surface area contributed by atoms with Crippen LogP contribution >= 0.6 is 0 Å². The lowest BCUT2D eigenvalue weighted by atomic mass is 9.65. The third-order valence-corrected chi connectivity index (χ3v) is 14.2. The molecule has 0 aromatic heterocycles. The fourth-order valence-electron chi connectivity index (χ4n) is 11.0. The predicted octanol–water partition coefficient (Wildman–Crippen LogP) is 5.11. The molecule has 16 heteroatoms. The van der Waals surface area contributed by atoms with Crippen LogP contribution in [-0.2, 0) is 50.1 Å². The van der Waals surface area contributed by atoms with E-state index in [0.717, 1.165) is 16.7 Å². The largest absolute Gasteiger partial charge is 0.491 e. The van der Waals surface area contributed by atoms with Crippen LogP contribution in [0.1, 0.15) is 58.0 Å². The fraction of sp³-hybridized carbons (Fsp3) is 0.327. The Balaban J connectivity index is 1.13. The number of aliphatic hydroxyl groups is 1. The first-order chi connectivity index (χ1) is 34.6. The molecule has 6 unspecified atom stereocenters. The molecule has 5 aromatic carbocycles. The number of aliphatic hydroxyl groups excluding tert-OH is 1. The van der Waals surface area contributed by atoms with E-state index < -0.39 is 65.3 Å². The minimum absolute atomic E-state index is 0.0573. The Morgan fingerprint density at radius 2 is 1.48 bits per heavy atom. The first-order valence-electron chi connectivity index (χ1n) is 23.6. The molecular weight excluding hydrogens is 909 g/mol. The molecule has 3 fully saturated rings. The Hall–Kier alpha value is -7.71. The smallest absolute Gasteiger partial charge is 0.324 e. The normalized spacial score (nSPS) is 23.3. The van der Waals surface area contributed by atoms with Crippen LogP contribution in [0, 0.1) is 23.7 Å². The summed E-state index contributed by atoms with van der Waals surface area (Å²) < 4.78 is 33.3. The van der Waals surface area contributed by atoms with Crippen molar-refractivity contribution < 1.29 is 57.5 Å². The van der Waals surface area contributed by atoms with E-state index in [1.165, 1.54) is 14.2 Å². The molecule has 2 N–H and O–H groups in total. The molecule has 0 bridgehead atoms. The number of amides is 2. The minimum Gasteiger partial charge on any atom is -0.491 e. The molecule has 1 spiro atoms. The maximum atomic E-state index is 16.1. The number of esters is 3. The highest BCUT2D eigenvalue weighted by Crippen LogP contribution is 2.65. The van der Waals surface area contributed by atoms with Crippen molar-refractivity contribution in [2.45, 2.75) is 42.6 Å². The summed E-state index contributed by atoms with van der Waals surface area (Å²) in [6.45, 7) is 2.29. The predicted molar refractivity (Wildman–Crippen MR) is 256 cm³/mol. The third kappa shape index (κ3) is 8.60. The van der Waals surface area contributed by atoms with Gasteiger partial charge in [-0.1, -0.05) is 90.7 Å². The molecule has 71 heavy (non-hydrogen) atoms. The maximum Gasteiger partial charge on any atom is 0.324 e. The highest BCUT2D eigenvalue weighted by molar-refractivity contribution is 6.12. The molecule has 5 aliphatic heterocycles. The first-order valence-corrected chi connectivity index (χ1v) is 23.6. The molecule has 2 amide bonds. The fourth-order valence-corrected chi connectivity index (χ4v) is 11.0. The number of morpholine rings is 1. The van der Waals surface area contributed by atoms with Crippen LogP contribution in [0.4, 0.5) is 5.69 Å². The number of nitrogens with one attached hydrogen (secondary N) is 1. The van der Waals surface area contributed by atoms with Gasteiger partial charge in [0, 0.05) is 50.4 Å². The number of methoxy groups -OCH3 is 2. The summed E-state index contributed by atoms with van der Waals surface area (Å²) in [7, 11) is 2.35. The molecule has 364 valence electrons. The summed E-state index contributed by atoms with van der Waals surface area (Å²) in [6, 6.07) is 34.4. The molecule has 10 rings (SSSR count). The van der Waals surface area contributed by atoms with Crippen molar-refractivity contribution in [3.05, 3.63) is 155 Å². The van der Waals surface area contributed by atoms with Gasteiger partial charge in [0.15, 0.2) is 17.4 Å². The van der Waals surface area contributed by atoms with Crippen LogP contribution < -0.4 is 19.5 Å². The van der Waals surface area contributed by atoms with Crippen molar-refractivity contribution in [1.29, 1.82) is 0 Å². The van der Waals surface area contributed by atoms with Crippen LogP contribution in [0.15, 0.2) is 121 Å². The van der Waals surface area contributed by atoms with E-state index in [2.05, 4.69) is 22.1 Å². The van der Waals surface area contributed by atoms with Gasteiger partial charge in [-0.05, 0) is 70.3 Å². The van der Waals surface area contributed by atoms with Gasteiger partial charge >= 0.3 is 17.9 Å². The Morgan fingerprint density at radius 3 is 2.17 bits per heavy atom. The molecule has 0 radical (unpaired) electrons. The molecule has 16 nitrogen and oxygen atoms in total. The Morgan fingerprint density at radius 1 is 0.789 bits per heavy atom. The van der Waals surface area contributed by atoms with Crippen LogP contribution in [0.25, 0.3) is 0 Å². The summed E-state index contributed by atoms with van der Waals surface area (Å²) in [5.74, 6) is 2.16.